The molecule has 1 aromatic carbocycles. The first kappa shape index (κ1) is 16.4. The van der Waals surface area contributed by atoms with Gasteiger partial charge in [-0.3, -0.25) is 9.69 Å². The Morgan fingerprint density at radius 3 is 2.83 bits per heavy atom. The number of amides is 3. The van der Waals surface area contributed by atoms with Gasteiger partial charge in [0.25, 0.3) is 0 Å². The molecule has 0 unspecified atom stereocenters. The molecule has 1 fully saturated rings. The van der Waals surface area contributed by atoms with Crippen LogP contribution in [-0.4, -0.2) is 45.5 Å². The van der Waals surface area contributed by atoms with Gasteiger partial charge in [-0.1, -0.05) is 34.7 Å². The Balaban J connectivity index is 1.69. The lowest BCUT2D eigenvalue weighted by molar-refractivity contribution is -0.124. The third-order valence-corrected chi connectivity index (χ3v) is 5.68. The van der Waals surface area contributed by atoms with Crippen molar-refractivity contribution >= 4 is 58.9 Å². The van der Waals surface area contributed by atoms with Crippen LogP contribution in [0.4, 0.5) is 4.79 Å². The number of nitrogens with zero attached hydrogens (tertiary/aromatic N) is 3. The summed E-state index contributed by atoms with van der Waals surface area (Å²) >= 11 is 13.8. The Hall–Kier alpha value is -1.42. The molecule has 1 aromatic heterocycles. The maximum absolute atomic E-state index is 12.0. The molecule has 10 heteroatoms. The minimum absolute atomic E-state index is 0.149. The first-order chi connectivity index (χ1) is 11.0. The predicted molar refractivity (Wildman–Crippen MR) is 93.1 cm³/mol. The number of hydrogen-bond acceptors (Lipinski definition) is 6. The molecule has 3 rings (SSSR count). The van der Waals surface area contributed by atoms with Crippen LogP contribution >= 0.6 is 46.9 Å². The molecule has 2 heterocycles. The maximum atomic E-state index is 12.0. The number of hydrogen-bond donors (Lipinski definition) is 1. The van der Waals surface area contributed by atoms with Crippen LogP contribution in [0.5, 0.6) is 0 Å². The zero-order valence-corrected chi connectivity index (χ0v) is 14.9. The van der Waals surface area contributed by atoms with E-state index in [1.165, 1.54) is 28.0 Å². The molecule has 120 valence electrons. The van der Waals surface area contributed by atoms with Gasteiger partial charge in [0.2, 0.25) is 5.91 Å². The summed E-state index contributed by atoms with van der Waals surface area (Å²) < 4.78 is 2.89. The third-order valence-electron chi connectivity index (χ3n) is 3.08. The number of benzene rings is 1. The summed E-state index contributed by atoms with van der Waals surface area (Å²) in [6, 6.07) is 6.84. The molecule has 0 bridgehead atoms. The van der Waals surface area contributed by atoms with Gasteiger partial charge < -0.3 is 5.32 Å². The number of nitrogens with one attached hydrogen (secondary N) is 1. The maximum Gasteiger partial charge on any atom is 0.324 e. The predicted octanol–water partition coefficient (Wildman–Crippen LogP) is 2.96. The highest BCUT2D eigenvalue weighted by Gasteiger charge is 2.26. The smallest absolute Gasteiger partial charge is 0.324 e. The molecule has 0 radical (unpaired) electrons. The monoisotopic (exact) mass is 386 g/mol. The summed E-state index contributed by atoms with van der Waals surface area (Å²) in [7, 11) is 0. The normalized spacial score (nSPS) is 14.1. The fourth-order valence-electron chi connectivity index (χ4n) is 1.98. The van der Waals surface area contributed by atoms with E-state index in [2.05, 4.69) is 10.4 Å². The summed E-state index contributed by atoms with van der Waals surface area (Å²) in [5.74, 6) is -0.0831. The third kappa shape index (κ3) is 3.74. The van der Waals surface area contributed by atoms with Crippen LogP contribution in [0.2, 0.25) is 5.02 Å². The zero-order valence-electron chi connectivity index (χ0n) is 11.7. The first-order valence-electron chi connectivity index (χ1n) is 6.62. The Bertz CT molecular complexity index is 802. The summed E-state index contributed by atoms with van der Waals surface area (Å²) in [6.07, 6.45) is 0. The molecule has 0 saturated carbocycles. The Morgan fingerprint density at radius 1 is 1.43 bits per heavy atom. The highest BCUT2D eigenvalue weighted by Crippen LogP contribution is 2.25. The van der Waals surface area contributed by atoms with Gasteiger partial charge in [-0.05, 0) is 36.5 Å². The van der Waals surface area contributed by atoms with E-state index in [1.54, 1.807) is 16.8 Å². The molecule has 1 N–H and O–H groups in total. The van der Waals surface area contributed by atoms with Crippen molar-refractivity contribution in [1.29, 1.82) is 0 Å². The highest BCUT2D eigenvalue weighted by atomic mass is 35.5. The Morgan fingerprint density at radius 2 is 2.17 bits per heavy atom. The van der Waals surface area contributed by atoms with Gasteiger partial charge in [-0.25, -0.2) is 9.48 Å². The molecule has 0 spiro atoms. The van der Waals surface area contributed by atoms with Gasteiger partial charge in [0.05, 0.1) is 11.4 Å². The second-order valence-electron chi connectivity index (χ2n) is 4.59. The van der Waals surface area contributed by atoms with Gasteiger partial charge in [0.15, 0.2) is 8.29 Å². The molecular weight excluding hydrogens is 376 g/mol. The number of carbonyl (C=O) groups is 2. The van der Waals surface area contributed by atoms with E-state index in [0.29, 0.717) is 26.4 Å². The fraction of sp³-hybridized carbons (Fsp3) is 0.231. The number of imide groups is 1. The van der Waals surface area contributed by atoms with Gasteiger partial charge in [0.1, 0.15) is 0 Å². The second-order valence-corrected chi connectivity index (χ2v) is 7.87. The number of thioether (sulfide) groups is 1. The number of halogens is 1. The van der Waals surface area contributed by atoms with E-state index in [-0.39, 0.29) is 17.7 Å². The van der Waals surface area contributed by atoms with Crippen LogP contribution in [0, 0.1) is 3.95 Å². The number of aromatic nitrogens is 2. The van der Waals surface area contributed by atoms with Crippen molar-refractivity contribution in [2.45, 2.75) is 4.34 Å². The van der Waals surface area contributed by atoms with Crippen molar-refractivity contribution in [3.8, 4) is 5.69 Å². The molecule has 6 nitrogen and oxygen atoms in total. The van der Waals surface area contributed by atoms with E-state index in [1.807, 2.05) is 12.1 Å². The average Bonchev–Trinajstić information content (AvgIpc) is 3.12. The quantitative estimate of drug-likeness (QED) is 0.646. The lowest BCUT2D eigenvalue weighted by atomic mass is 10.3. The van der Waals surface area contributed by atoms with E-state index < -0.39 is 0 Å². The molecule has 0 atom stereocenters. The van der Waals surface area contributed by atoms with Crippen molar-refractivity contribution in [2.75, 3.05) is 18.8 Å². The Labute approximate surface area is 150 Å². The van der Waals surface area contributed by atoms with Crippen molar-refractivity contribution in [3.05, 3.63) is 33.2 Å². The lowest BCUT2D eigenvalue weighted by Gasteiger charge is -2.10. The van der Waals surface area contributed by atoms with Gasteiger partial charge in [-0.15, -0.1) is 5.10 Å². The zero-order chi connectivity index (χ0) is 16.4. The van der Waals surface area contributed by atoms with Crippen LogP contribution < -0.4 is 5.32 Å². The summed E-state index contributed by atoms with van der Waals surface area (Å²) in [4.78, 5) is 24.7. The molecule has 3 amide bonds. The van der Waals surface area contributed by atoms with E-state index in [0.717, 1.165) is 5.69 Å². The molecule has 1 aliphatic rings. The molecule has 0 aliphatic carbocycles. The van der Waals surface area contributed by atoms with Crippen LogP contribution in [0.1, 0.15) is 0 Å². The van der Waals surface area contributed by atoms with E-state index in [9.17, 15) is 9.59 Å². The number of urea groups is 1. The summed E-state index contributed by atoms with van der Waals surface area (Å²) in [5, 5.41) is 7.65. The highest BCUT2D eigenvalue weighted by molar-refractivity contribution is 8.01. The largest absolute Gasteiger partial charge is 0.336 e. The Kier molecular flexibility index (Phi) is 5.00. The average molecular weight is 387 g/mol. The molecule has 1 saturated heterocycles. The van der Waals surface area contributed by atoms with Crippen LogP contribution in [-0.2, 0) is 4.79 Å². The molecular formula is C13H11ClN4O2S3. The molecule has 1 aliphatic heterocycles. The van der Waals surface area contributed by atoms with Gasteiger partial charge >= 0.3 is 6.03 Å². The van der Waals surface area contributed by atoms with E-state index >= 15 is 0 Å². The minimum atomic E-state index is -0.338. The standard InChI is InChI=1S/C13H11ClN4O2S3/c14-8-1-3-9(4-2-8)18-13(21)23-12(16-18)22-7-10(19)17-6-5-15-11(17)20/h1-4H,5-7H2,(H,15,20). The summed E-state index contributed by atoms with van der Waals surface area (Å²) in [6.45, 7) is 0.909. The minimum Gasteiger partial charge on any atom is -0.336 e. The van der Waals surface area contributed by atoms with Gasteiger partial charge in [0, 0.05) is 18.1 Å². The number of carbonyl (C=O) groups excluding carboxylic acids is 2. The first-order valence-corrected chi connectivity index (χ1v) is 9.20. The van der Waals surface area contributed by atoms with Crippen molar-refractivity contribution in [3.63, 3.8) is 0 Å². The fourth-order valence-corrected chi connectivity index (χ4v) is 4.34. The van der Waals surface area contributed by atoms with Crippen LogP contribution in [0.15, 0.2) is 28.6 Å². The van der Waals surface area contributed by atoms with Crippen molar-refractivity contribution in [2.24, 2.45) is 0 Å². The van der Waals surface area contributed by atoms with Crippen molar-refractivity contribution < 1.29 is 9.59 Å². The summed E-state index contributed by atoms with van der Waals surface area (Å²) in [5.41, 5.74) is 0.813. The topological polar surface area (TPSA) is 67.2 Å². The SMILES string of the molecule is O=C(CSc1nn(-c2ccc(Cl)cc2)c(=S)s1)N1CCNC1=O. The van der Waals surface area contributed by atoms with Crippen LogP contribution in [0.25, 0.3) is 5.69 Å². The molecule has 2 aromatic rings. The molecule has 23 heavy (non-hydrogen) atoms. The lowest BCUT2D eigenvalue weighted by Crippen LogP contribution is -2.35. The number of rotatable bonds is 4. The van der Waals surface area contributed by atoms with Crippen molar-refractivity contribution in [1.82, 2.24) is 20.0 Å². The van der Waals surface area contributed by atoms with Gasteiger partial charge in [-0.2, -0.15) is 0 Å². The van der Waals surface area contributed by atoms with E-state index in [4.69, 9.17) is 23.8 Å². The van der Waals surface area contributed by atoms with Crippen LogP contribution in [0.3, 0.4) is 0 Å². The second kappa shape index (κ2) is 7.00.